The zero-order valence-corrected chi connectivity index (χ0v) is 11.6. The van der Waals surface area contributed by atoms with Crippen LogP contribution in [0.1, 0.15) is 51.3 Å². The molecular weight excluding hydrogens is 224 g/mol. The van der Waals surface area contributed by atoms with E-state index < -0.39 is 5.41 Å². The van der Waals surface area contributed by atoms with Gasteiger partial charge in [-0.15, -0.1) is 0 Å². The summed E-state index contributed by atoms with van der Waals surface area (Å²) in [7, 11) is 0. The third kappa shape index (κ3) is 1.93. The average molecular weight is 246 g/mol. The lowest BCUT2D eigenvalue weighted by Gasteiger charge is -2.21. The molecule has 0 saturated heterocycles. The molecule has 2 atom stereocenters. The molecule has 1 amide bonds. The Labute approximate surface area is 109 Å². The Morgan fingerprint density at radius 3 is 2.67 bits per heavy atom. The number of hydrogen-bond acceptors (Lipinski definition) is 2. The van der Waals surface area contributed by atoms with Crippen LogP contribution >= 0.6 is 0 Å². The van der Waals surface area contributed by atoms with Gasteiger partial charge in [-0.25, -0.2) is 0 Å². The predicted octanol–water partition coefficient (Wildman–Crippen LogP) is 2.96. The van der Waals surface area contributed by atoms with Gasteiger partial charge < -0.3 is 11.1 Å². The highest BCUT2D eigenvalue weighted by molar-refractivity contribution is 6.05. The predicted molar refractivity (Wildman–Crippen MR) is 74.5 cm³/mol. The first-order chi connectivity index (χ1) is 8.37. The van der Waals surface area contributed by atoms with Crippen LogP contribution in [0.4, 0.5) is 5.69 Å². The average Bonchev–Trinajstić information content (AvgIpc) is 2.58. The molecule has 2 unspecified atom stereocenters. The Balaban J connectivity index is 2.40. The van der Waals surface area contributed by atoms with E-state index in [1.54, 1.807) is 0 Å². The first-order valence-corrected chi connectivity index (χ1v) is 6.59. The molecule has 3 nitrogen and oxygen atoms in total. The molecule has 1 heterocycles. The van der Waals surface area contributed by atoms with Crippen LogP contribution in [0.2, 0.25) is 0 Å². The van der Waals surface area contributed by atoms with Crippen molar-refractivity contribution in [3.63, 3.8) is 0 Å². The van der Waals surface area contributed by atoms with E-state index in [9.17, 15) is 4.79 Å². The second kappa shape index (κ2) is 4.39. The smallest absolute Gasteiger partial charge is 0.234 e. The summed E-state index contributed by atoms with van der Waals surface area (Å²) in [5.74, 6) is 0.503. The molecule has 0 spiro atoms. The maximum Gasteiger partial charge on any atom is 0.234 e. The van der Waals surface area contributed by atoms with Gasteiger partial charge in [0.05, 0.1) is 5.41 Å². The summed E-state index contributed by atoms with van der Waals surface area (Å²) in [6.07, 6.45) is 1.05. The van der Waals surface area contributed by atoms with Crippen molar-refractivity contribution in [2.45, 2.75) is 45.6 Å². The lowest BCUT2D eigenvalue weighted by atomic mass is 9.83. The van der Waals surface area contributed by atoms with Gasteiger partial charge in [0.25, 0.3) is 0 Å². The maximum atomic E-state index is 11.9. The van der Waals surface area contributed by atoms with E-state index in [2.05, 4.69) is 25.2 Å². The Morgan fingerprint density at radius 2 is 2.06 bits per heavy atom. The van der Waals surface area contributed by atoms with Gasteiger partial charge >= 0.3 is 0 Å². The highest BCUT2D eigenvalue weighted by Gasteiger charge is 2.38. The van der Waals surface area contributed by atoms with Crippen molar-refractivity contribution in [2.24, 2.45) is 11.7 Å². The third-order valence-electron chi connectivity index (χ3n) is 4.17. The summed E-state index contributed by atoms with van der Waals surface area (Å²) >= 11 is 0. The second-order valence-electron chi connectivity index (χ2n) is 5.80. The van der Waals surface area contributed by atoms with Gasteiger partial charge in [0.1, 0.15) is 0 Å². The van der Waals surface area contributed by atoms with Gasteiger partial charge in [0, 0.05) is 11.7 Å². The molecule has 0 aromatic heterocycles. The van der Waals surface area contributed by atoms with E-state index in [1.165, 1.54) is 0 Å². The highest BCUT2D eigenvalue weighted by Crippen LogP contribution is 2.39. The lowest BCUT2D eigenvalue weighted by molar-refractivity contribution is -0.119. The number of hydrogen-bond donors (Lipinski definition) is 2. The van der Waals surface area contributed by atoms with Crippen molar-refractivity contribution in [3.05, 3.63) is 29.3 Å². The van der Waals surface area contributed by atoms with E-state index in [0.717, 1.165) is 23.2 Å². The Bertz CT molecular complexity index is 479. The van der Waals surface area contributed by atoms with Crippen LogP contribution in [-0.2, 0) is 10.2 Å². The van der Waals surface area contributed by atoms with Gasteiger partial charge in [-0.1, -0.05) is 32.4 Å². The molecule has 18 heavy (non-hydrogen) atoms. The Morgan fingerprint density at radius 1 is 1.39 bits per heavy atom. The highest BCUT2D eigenvalue weighted by atomic mass is 16.2. The van der Waals surface area contributed by atoms with Crippen LogP contribution in [-0.4, -0.2) is 5.91 Å². The van der Waals surface area contributed by atoms with Gasteiger partial charge in [-0.05, 0) is 37.0 Å². The molecule has 2 rings (SSSR count). The van der Waals surface area contributed by atoms with Gasteiger partial charge in [-0.3, -0.25) is 4.79 Å². The van der Waals surface area contributed by atoms with Crippen molar-refractivity contribution in [2.75, 3.05) is 5.32 Å². The number of benzene rings is 1. The first kappa shape index (κ1) is 13.1. The van der Waals surface area contributed by atoms with E-state index >= 15 is 0 Å². The SMILES string of the molecule is CCC(C)C(N)c1ccc2c(c1)C(C)(C)C(=O)N2. The van der Waals surface area contributed by atoms with Crippen molar-refractivity contribution in [1.29, 1.82) is 0 Å². The van der Waals surface area contributed by atoms with Crippen LogP contribution in [0.25, 0.3) is 0 Å². The molecule has 3 N–H and O–H groups in total. The Hall–Kier alpha value is -1.35. The molecule has 0 radical (unpaired) electrons. The number of nitrogens with one attached hydrogen (secondary N) is 1. The van der Waals surface area contributed by atoms with Crippen LogP contribution < -0.4 is 11.1 Å². The third-order valence-corrected chi connectivity index (χ3v) is 4.17. The first-order valence-electron chi connectivity index (χ1n) is 6.59. The zero-order chi connectivity index (χ0) is 13.5. The molecule has 0 bridgehead atoms. The maximum absolute atomic E-state index is 11.9. The van der Waals surface area contributed by atoms with Gasteiger partial charge in [0.15, 0.2) is 0 Å². The summed E-state index contributed by atoms with van der Waals surface area (Å²) in [5, 5.41) is 2.92. The van der Waals surface area contributed by atoms with Crippen molar-refractivity contribution in [3.8, 4) is 0 Å². The minimum absolute atomic E-state index is 0.0341. The molecule has 0 fully saturated rings. The number of anilines is 1. The quantitative estimate of drug-likeness (QED) is 0.861. The molecule has 0 aliphatic carbocycles. The lowest BCUT2D eigenvalue weighted by Crippen LogP contribution is -2.27. The van der Waals surface area contributed by atoms with Gasteiger partial charge in [0.2, 0.25) is 5.91 Å². The number of nitrogens with two attached hydrogens (primary N) is 1. The molecular formula is C15H22N2O. The monoisotopic (exact) mass is 246 g/mol. The van der Waals surface area contributed by atoms with Crippen LogP contribution in [0.5, 0.6) is 0 Å². The summed E-state index contributed by atoms with van der Waals surface area (Å²) in [4.78, 5) is 11.9. The standard InChI is InChI=1S/C15H22N2O/c1-5-9(2)13(16)10-6-7-12-11(8-10)15(3,4)14(18)17-12/h6-9,13H,5,16H2,1-4H3,(H,17,18). The minimum Gasteiger partial charge on any atom is -0.325 e. The zero-order valence-electron chi connectivity index (χ0n) is 11.6. The molecule has 1 aliphatic heterocycles. The van der Waals surface area contributed by atoms with E-state index in [4.69, 9.17) is 5.73 Å². The summed E-state index contributed by atoms with van der Waals surface area (Å²) in [6, 6.07) is 6.12. The molecule has 1 aromatic carbocycles. The summed E-state index contributed by atoms with van der Waals surface area (Å²) in [6.45, 7) is 8.21. The second-order valence-corrected chi connectivity index (χ2v) is 5.80. The van der Waals surface area contributed by atoms with Crippen LogP contribution in [0.15, 0.2) is 18.2 Å². The van der Waals surface area contributed by atoms with Gasteiger partial charge in [-0.2, -0.15) is 0 Å². The molecule has 98 valence electrons. The van der Waals surface area contributed by atoms with Crippen molar-refractivity contribution < 1.29 is 4.79 Å². The number of carbonyl (C=O) groups excluding carboxylic acids is 1. The largest absolute Gasteiger partial charge is 0.325 e. The summed E-state index contributed by atoms with van der Waals surface area (Å²) in [5.41, 5.74) is 8.90. The minimum atomic E-state index is -0.458. The molecule has 0 saturated carbocycles. The number of rotatable bonds is 3. The van der Waals surface area contributed by atoms with Crippen molar-refractivity contribution in [1.82, 2.24) is 0 Å². The van der Waals surface area contributed by atoms with Crippen LogP contribution in [0, 0.1) is 5.92 Å². The van der Waals surface area contributed by atoms with E-state index in [1.807, 2.05) is 26.0 Å². The fraction of sp³-hybridized carbons (Fsp3) is 0.533. The number of carbonyl (C=O) groups is 1. The normalized spacial score (nSPS) is 20.2. The van der Waals surface area contributed by atoms with E-state index in [0.29, 0.717) is 5.92 Å². The topological polar surface area (TPSA) is 55.1 Å². The van der Waals surface area contributed by atoms with Crippen molar-refractivity contribution >= 4 is 11.6 Å². The molecule has 1 aliphatic rings. The fourth-order valence-electron chi connectivity index (χ4n) is 2.38. The number of fused-ring (bicyclic) bond motifs is 1. The fourth-order valence-corrected chi connectivity index (χ4v) is 2.38. The number of amides is 1. The van der Waals surface area contributed by atoms with E-state index in [-0.39, 0.29) is 11.9 Å². The Kier molecular flexibility index (Phi) is 3.20. The van der Waals surface area contributed by atoms with Crippen LogP contribution in [0.3, 0.4) is 0 Å². The molecule has 1 aromatic rings. The summed E-state index contributed by atoms with van der Waals surface area (Å²) < 4.78 is 0. The molecule has 3 heteroatoms.